The third kappa shape index (κ3) is 31.3. The van der Waals surface area contributed by atoms with Gasteiger partial charge in [0.05, 0.1) is 0 Å². The summed E-state index contributed by atoms with van der Waals surface area (Å²) in [4.78, 5) is 0. The van der Waals surface area contributed by atoms with E-state index in [0.717, 1.165) is 35.5 Å². The molecule has 0 aromatic heterocycles. The molecule has 0 aliphatic carbocycles. The first kappa shape index (κ1) is 39.7. The number of hydrogen-bond donors (Lipinski definition) is 0. The van der Waals surface area contributed by atoms with E-state index in [-0.39, 0.29) is 0 Å². The fourth-order valence-corrected chi connectivity index (χ4v) is 4.11. The Hall–Kier alpha value is -0.780. The monoisotopic (exact) mass is 505 g/mol. The predicted molar refractivity (Wildman–Crippen MR) is 171 cm³/mol. The van der Waals surface area contributed by atoms with E-state index in [1.165, 1.54) is 49.7 Å². The molecule has 0 heteroatoms. The van der Waals surface area contributed by atoms with Crippen molar-refractivity contribution in [2.75, 3.05) is 0 Å². The van der Waals surface area contributed by atoms with Crippen molar-refractivity contribution >= 4 is 0 Å². The van der Waals surface area contributed by atoms with Gasteiger partial charge < -0.3 is 0 Å². The van der Waals surface area contributed by atoms with E-state index in [0.29, 0.717) is 11.8 Å². The Kier molecular flexibility index (Phi) is 27.1. The molecule has 0 aliphatic rings. The van der Waals surface area contributed by atoms with Crippen LogP contribution in [-0.4, -0.2) is 0 Å². The Morgan fingerprint density at radius 3 is 0.833 bits per heavy atom. The summed E-state index contributed by atoms with van der Waals surface area (Å²) in [6, 6.07) is 8.72. The van der Waals surface area contributed by atoms with E-state index < -0.39 is 0 Å². The molecular weight excluding hydrogens is 432 g/mol. The van der Waals surface area contributed by atoms with Gasteiger partial charge >= 0.3 is 0 Å². The highest BCUT2D eigenvalue weighted by molar-refractivity contribution is 5.31. The molecule has 0 saturated heterocycles. The van der Waals surface area contributed by atoms with Crippen LogP contribution in [0.4, 0.5) is 0 Å². The summed E-state index contributed by atoms with van der Waals surface area (Å²) >= 11 is 0. The minimum Gasteiger partial charge on any atom is -0.0628 e. The summed E-state index contributed by atoms with van der Waals surface area (Å²) in [6.45, 7) is 36.3. The largest absolute Gasteiger partial charge is 0.0628 e. The molecule has 0 saturated carbocycles. The molecule has 0 bridgehead atoms. The van der Waals surface area contributed by atoms with Crippen molar-refractivity contribution in [1.29, 1.82) is 0 Å². The Balaban J connectivity index is -0.000000414. The maximum absolute atomic E-state index is 2.29. The summed E-state index contributed by atoms with van der Waals surface area (Å²) in [5, 5.41) is 0. The molecule has 0 unspecified atom stereocenters. The maximum Gasteiger partial charge on any atom is -0.0216 e. The van der Waals surface area contributed by atoms with Gasteiger partial charge in [-0.2, -0.15) is 0 Å². The van der Waals surface area contributed by atoms with Crippen LogP contribution in [0.3, 0.4) is 0 Å². The van der Waals surface area contributed by atoms with Crippen LogP contribution in [0.5, 0.6) is 0 Å². The predicted octanol–water partition coefficient (Wildman–Crippen LogP) is 13.2. The van der Waals surface area contributed by atoms with Crippen molar-refractivity contribution < 1.29 is 0 Å². The number of benzene rings is 1. The van der Waals surface area contributed by atoms with Crippen LogP contribution in [0.15, 0.2) is 24.3 Å². The molecular formula is C36H72. The molecule has 0 amide bonds. The SMILES string of the molecule is CC(C)CC(C)C.CC(C)CCC(C)C.CC(C)CCCC(C)C.CC(C)c1ccccc1C(C)C. The molecule has 0 nitrogen and oxygen atoms in total. The molecule has 216 valence electrons. The molecule has 0 spiro atoms. The van der Waals surface area contributed by atoms with Crippen LogP contribution < -0.4 is 0 Å². The smallest absolute Gasteiger partial charge is 0.0216 e. The van der Waals surface area contributed by atoms with Crippen molar-refractivity contribution in [2.45, 2.75) is 161 Å². The first-order chi connectivity index (χ1) is 16.5. The quantitative estimate of drug-likeness (QED) is 0.281. The van der Waals surface area contributed by atoms with Crippen molar-refractivity contribution in [3.8, 4) is 0 Å². The van der Waals surface area contributed by atoms with E-state index in [1.807, 2.05) is 0 Å². The summed E-state index contributed by atoms with van der Waals surface area (Å²) in [5.41, 5.74) is 2.99. The van der Waals surface area contributed by atoms with E-state index in [9.17, 15) is 0 Å². The van der Waals surface area contributed by atoms with E-state index in [2.05, 4.69) is 135 Å². The van der Waals surface area contributed by atoms with Gasteiger partial charge in [0.2, 0.25) is 0 Å². The molecule has 0 aliphatic heterocycles. The van der Waals surface area contributed by atoms with Gasteiger partial charge in [-0.1, -0.05) is 167 Å². The molecule has 1 aromatic rings. The van der Waals surface area contributed by atoms with Gasteiger partial charge in [-0.15, -0.1) is 0 Å². The number of hydrogen-bond acceptors (Lipinski definition) is 0. The minimum atomic E-state index is 0.642. The minimum absolute atomic E-state index is 0.642. The average molecular weight is 505 g/mol. The Bertz CT molecular complexity index is 508. The molecule has 1 aromatic carbocycles. The fraction of sp³-hybridized carbons (Fsp3) is 0.833. The van der Waals surface area contributed by atoms with Crippen LogP contribution in [0.25, 0.3) is 0 Å². The van der Waals surface area contributed by atoms with Gasteiger partial charge in [-0.25, -0.2) is 0 Å². The standard InChI is InChI=1S/C12H18.C9H20.C8H18.C7H16/c1-9(2)11-7-5-6-8-12(11)10(3)4;1-8(2)6-5-7-9(3)4;1-7(2)5-6-8(3)4;1-6(2)5-7(3)4/h5-10H,1-4H3;8-9H,5-7H2,1-4H3;7-8H,5-6H2,1-4H3;6-7H,5H2,1-4H3. The zero-order chi connectivity index (χ0) is 28.8. The first-order valence-electron chi connectivity index (χ1n) is 15.6. The molecule has 0 fully saturated rings. The second kappa shape index (κ2) is 24.6. The summed E-state index contributed by atoms with van der Waals surface area (Å²) in [5.74, 6) is 6.59. The second-order valence-electron chi connectivity index (χ2n) is 14.0. The molecule has 0 radical (unpaired) electrons. The van der Waals surface area contributed by atoms with Crippen LogP contribution in [0.2, 0.25) is 0 Å². The zero-order valence-electron chi connectivity index (χ0n) is 28.2. The Morgan fingerprint density at radius 2 is 0.667 bits per heavy atom. The lowest BCUT2D eigenvalue weighted by atomic mass is 9.91. The van der Waals surface area contributed by atoms with Crippen LogP contribution in [0, 0.1) is 35.5 Å². The van der Waals surface area contributed by atoms with E-state index in [4.69, 9.17) is 0 Å². The van der Waals surface area contributed by atoms with Crippen LogP contribution >= 0.6 is 0 Å². The second-order valence-corrected chi connectivity index (χ2v) is 14.0. The van der Waals surface area contributed by atoms with E-state index in [1.54, 1.807) is 0 Å². The van der Waals surface area contributed by atoms with Gasteiger partial charge in [0.15, 0.2) is 0 Å². The molecule has 0 heterocycles. The lowest BCUT2D eigenvalue weighted by molar-refractivity contribution is 0.469. The zero-order valence-corrected chi connectivity index (χ0v) is 28.2. The highest BCUT2D eigenvalue weighted by Crippen LogP contribution is 2.25. The maximum atomic E-state index is 2.29. The van der Waals surface area contributed by atoms with Crippen LogP contribution in [0.1, 0.15) is 172 Å². The van der Waals surface area contributed by atoms with Crippen LogP contribution in [-0.2, 0) is 0 Å². The lowest BCUT2D eigenvalue weighted by Crippen LogP contribution is -1.97. The average Bonchev–Trinajstić information content (AvgIpc) is 2.72. The summed E-state index contributed by atoms with van der Waals surface area (Å²) in [7, 11) is 0. The fourth-order valence-electron chi connectivity index (χ4n) is 4.11. The topological polar surface area (TPSA) is 0 Å². The Labute approximate surface area is 231 Å². The normalized spacial score (nSPS) is 11.2. The van der Waals surface area contributed by atoms with Gasteiger partial charge in [0, 0.05) is 0 Å². The van der Waals surface area contributed by atoms with Crippen molar-refractivity contribution in [3.63, 3.8) is 0 Å². The highest BCUT2D eigenvalue weighted by Gasteiger charge is 2.07. The lowest BCUT2D eigenvalue weighted by Gasteiger charge is -2.14. The summed E-state index contributed by atoms with van der Waals surface area (Å²) < 4.78 is 0. The van der Waals surface area contributed by atoms with Crippen molar-refractivity contribution in [2.24, 2.45) is 35.5 Å². The van der Waals surface area contributed by atoms with Gasteiger partial charge in [0.1, 0.15) is 0 Å². The van der Waals surface area contributed by atoms with E-state index >= 15 is 0 Å². The van der Waals surface area contributed by atoms with Crippen molar-refractivity contribution in [3.05, 3.63) is 35.4 Å². The molecule has 1 rings (SSSR count). The summed E-state index contributed by atoms with van der Waals surface area (Å²) in [6.07, 6.45) is 8.35. The highest BCUT2D eigenvalue weighted by atomic mass is 14.1. The molecule has 0 N–H and O–H groups in total. The van der Waals surface area contributed by atoms with Gasteiger partial charge in [-0.3, -0.25) is 0 Å². The molecule has 36 heavy (non-hydrogen) atoms. The van der Waals surface area contributed by atoms with Gasteiger partial charge in [0.25, 0.3) is 0 Å². The molecule has 0 atom stereocenters. The first-order valence-corrected chi connectivity index (χ1v) is 15.6. The third-order valence-electron chi connectivity index (χ3n) is 6.07. The Morgan fingerprint density at radius 1 is 0.389 bits per heavy atom. The van der Waals surface area contributed by atoms with Gasteiger partial charge in [-0.05, 0) is 64.9 Å². The number of rotatable bonds is 11. The van der Waals surface area contributed by atoms with Crippen molar-refractivity contribution in [1.82, 2.24) is 0 Å². The third-order valence-corrected chi connectivity index (χ3v) is 6.07.